The third kappa shape index (κ3) is 4.24. The van der Waals surface area contributed by atoms with Crippen molar-refractivity contribution in [1.29, 1.82) is 0 Å². The lowest BCUT2D eigenvalue weighted by Gasteiger charge is -2.05. The summed E-state index contributed by atoms with van der Waals surface area (Å²) in [6.07, 6.45) is 2.16. The number of aryl methyl sites for hydroxylation is 1. The zero-order chi connectivity index (χ0) is 14.4. The second-order valence-electron chi connectivity index (χ2n) is 4.75. The van der Waals surface area contributed by atoms with Gasteiger partial charge in [-0.25, -0.2) is 0 Å². The quantitative estimate of drug-likeness (QED) is 0.849. The summed E-state index contributed by atoms with van der Waals surface area (Å²) in [5, 5.41) is 2.87. The number of hydrogen-bond acceptors (Lipinski definition) is 2. The van der Waals surface area contributed by atoms with Crippen molar-refractivity contribution in [1.82, 2.24) is 4.98 Å². The van der Waals surface area contributed by atoms with E-state index in [4.69, 9.17) is 4.74 Å². The Bertz CT molecular complexity index is 558. The van der Waals surface area contributed by atoms with Crippen LogP contribution in [0.3, 0.4) is 0 Å². The van der Waals surface area contributed by atoms with Crippen molar-refractivity contribution in [3.8, 4) is 0 Å². The number of ether oxygens (including phenoxy) is 1. The molecule has 0 atom stereocenters. The van der Waals surface area contributed by atoms with Crippen LogP contribution in [-0.4, -0.2) is 17.5 Å². The fourth-order valence-electron chi connectivity index (χ4n) is 1.94. The van der Waals surface area contributed by atoms with E-state index in [1.807, 2.05) is 44.2 Å². The maximum atomic E-state index is 11.9. The van der Waals surface area contributed by atoms with Crippen molar-refractivity contribution >= 4 is 11.6 Å². The number of anilines is 1. The number of rotatable bonds is 6. The fourth-order valence-corrected chi connectivity index (χ4v) is 1.94. The number of benzene rings is 1. The molecule has 1 aromatic heterocycles. The molecule has 1 aromatic carbocycles. The van der Waals surface area contributed by atoms with Gasteiger partial charge >= 0.3 is 0 Å². The van der Waals surface area contributed by atoms with Crippen LogP contribution in [0.25, 0.3) is 0 Å². The molecule has 106 valence electrons. The zero-order valence-electron chi connectivity index (χ0n) is 11.9. The van der Waals surface area contributed by atoms with E-state index in [1.165, 1.54) is 0 Å². The summed E-state index contributed by atoms with van der Waals surface area (Å²) >= 11 is 0. The Morgan fingerprint density at radius 2 is 1.95 bits per heavy atom. The van der Waals surface area contributed by atoms with Gasteiger partial charge < -0.3 is 15.0 Å². The van der Waals surface area contributed by atoms with Gasteiger partial charge in [0.1, 0.15) is 0 Å². The summed E-state index contributed by atoms with van der Waals surface area (Å²) in [5.74, 6) is -0.0124. The van der Waals surface area contributed by atoms with Gasteiger partial charge in [-0.3, -0.25) is 4.79 Å². The summed E-state index contributed by atoms with van der Waals surface area (Å²) in [4.78, 5) is 14.9. The van der Waals surface area contributed by atoms with E-state index in [0.29, 0.717) is 19.6 Å². The molecule has 4 nitrogen and oxygen atoms in total. The Morgan fingerprint density at radius 1 is 1.25 bits per heavy atom. The monoisotopic (exact) mass is 272 g/mol. The first kappa shape index (κ1) is 14.3. The predicted octanol–water partition coefficient (Wildman–Crippen LogP) is 3.04. The Balaban J connectivity index is 1.87. The molecule has 0 bridgehead atoms. The summed E-state index contributed by atoms with van der Waals surface area (Å²) in [5.41, 5.74) is 3.95. The van der Waals surface area contributed by atoms with Gasteiger partial charge in [0.15, 0.2) is 0 Å². The molecule has 2 aromatic rings. The van der Waals surface area contributed by atoms with E-state index in [-0.39, 0.29) is 5.91 Å². The second kappa shape index (κ2) is 6.91. The molecule has 2 rings (SSSR count). The van der Waals surface area contributed by atoms with Crippen LogP contribution in [-0.2, 0) is 22.6 Å². The second-order valence-corrected chi connectivity index (χ2v) is 4.75. The van der Waals surface area contributed by atoms with Crippen LogP contribution < -0.4 is 5.32 Å². The van der Waals surface area contributed by atoms with Crippen molar-refractivity contribution in [2.45, 2.75) is 26.9 Å². The highest BCUT2D eigenvalue weighted by Gasteiger charge is 2.05. The standard InChI is InChI=1S/C16H20N2O2/c1-3-20-11-14-6-4-13(5-7-14)9-16(19)18-15-8-12(2)17-10-15/h4-8,10,17H,3,9,11H2,1-2H3,(H,18,19). The summed E-state index contributed by atoms with van der Waals surface area (Å²) in [7, 11) is 0. The van der Waals surface area contributed by atoms with Gasteiger partial charge in [-0.2, -0.15) is 0 Å². The largest absolute Gasteiger partial charge is 0.377 e. The van der Waals surface area contributed by atoms with Gasteiger partial charge in [-0.15, -0.1) is 0 Å². The number of nitrogens with one attached hydrogen (secondary N) is 2. The lowest BCUT2D eigenvalue weighted by molar-refractivity contribution is -0.115. The van der Waals surface area contributed by atoms with Crippen LogP contribution in [0, 0.1) is 6.92 Å². The zero-order valence-corrected chi connectivity index (χ0v) is 11.9. The minimum Gasteiger partial charge on any atom is -0.377 e. The SMILES string of the molecule is CCOCc1ccc(CC(=O)Nc2c[nH]c(C)c2)cc1. The van der Waals surface area contributed by atoms with E-state index < -0.39 is 0 Å². The number of amides is 1. The third-order valence-corrected chi connectivity index (χ3v) is 2.97. The summed E-state index contributed by atoms with van der Waals surface area (Å²) < 4.78 is 5.34. The maximum Gasteiger partial charge on any atom is 0.228 e. The molecule has 0 radical (unpaired) electrons. The first-order valence-corrected chi connectivity index (χ1v) is 6.78. The Labute approximate surface area is 119 Å². The average Bonchev–Trinajstić information content (AvgIpc) is 2.83. The first-order chi connectivity index (χ1) is 9.67. The highest BCUT2D eigenvalue weighted by Crippen LogP contribution is 2.10. The molecular formula is C16H20N2O2. The minimum atomic E-state index is -0.0124. The highest BCUT2D eigenvalue weighted by atomic mass is 16.5. The molecule has 1 amide bonds. The minimum absolute atomic E-state index is 0.0124. The van der Waals surface area contributed by atoms with Crippen LogP contribution in [0.4, 0.5) is 5.69 Å². The Morgan fingerprint density at radius 3 is 2.55 bits per heavy atom. The number of aromatic amines is 1. The van der Waals surface area contributed by atoms with Crippen LogP contribution in [0.15, 0.2) is 36.5 Å². The van der Waals surface area contributed by atoms with Crippen LogP contribution in [0.5, 0.6) is 0 Å². The molecule has 4 heteroatoms. The van der Waals surface area contributed by atoms with Gasteiger partial charge in [-0.1, -0.05) is 24.3 Å². The number of hydrogen-bond donors (Lipinski definition) is 2. The molecule has 0 unspecified atom stereocenters. The summed E-state index contributed by atoms with van der Waals surface area (Å²) in [6, 6.07) is 9.84. The number of aromatic nitrogens is 1. The van der Waals surface area contributed by atoms with Crippen LogP contribution >= 0.6 is 0 Å². The molecule has 0 aliphatic rings. The van der Waals surface area contributed by atoms with Crippen LogP contribution in [0.1, 0.15) is 23.7 Å². The van der Waals surface area contributed by atoms with Gasteiger partial charge in [0.05, 0.1) is 18.7 Å². The third-order valence-electron chi connectivity index (χ3n) is 2.97. The molecule has 20 heavy (non-hydrogen) atoms. The van der Waals surface area contributed by atoms with Crippen molar-refractivity contribution in [3.05, 3.63) is 53.3 Å². The Hall–Kier alpha value is -2.07. The van der Waals surface area contributed by atoms with E-state index >= 15 is 0 Å². The van der Waals surface area contributed by atoms with Gasteiger partial charge in [-0.05, 0) is 31.0 Å². The molecule has 0 fully saturated rings. The number of carbonyl (C=O) groups is 1. The molecule has 2 N–H and O–H groups in total. The first-order valence-electron chi connectivity index (χ1n) is 6.78. The molecule has 0 spiro atoms. The van der Waals surface area contributed by atoms with Gasteiger partial charge in [0.2, 0.25) is 5.91 Å². The topological polar surface area (TPSA) is 54.1 Å². The van der Waals surface area contributed by atoms with E-state index in [9.17, 15) is 4.79 Å². The van der Waals surface area contributed by atoms with E-state index in [2.05, 4.69) is 10.3 Å². The molecule has 0 saturated carbocycles. The predicted molar refractivity (Wildman–Crippen MR) is 79.6 cm³/mol. The van der Waals surface area contributed by atoms with E-state index in [0.717, 1.165) is 22.5 Å². The maximum absolute atomic E-state index is 11.9. The van der Waals surface area contributed by atoms with Crippen LogP contribution in [0.2, 0.25) is 0 Å². The normalized spacial score (nSPS) is 10.5. The number of carbonyl (C=O) groups excluding carboxylic acids is 1. The lowest BCUT2D eigenvalue weighted by atomic mass is 10.1. The van der Waals surface area contributed by atoms with Gasteiger partial charge in [0, 0.05) is 18.5 Å². The summed E-state index contributed by atoms with van der Waals surface area (Å²) in [6.45, 7) is 5.25. The van der Waals surface area contributed by atoms with E-state index in [1.54, 1.807) is 6.20 Å². The fraction of sp³-hybridized carbons (Fsp3) is 0.312. The number of H-pyrrole nitrogens is 1. The molecule has 0 aliphatic heterocycles. The Kier molecular flexibility index (Phi) is 4.96. The molecule has 0 saturated heterocycles. The van der Waals surface area contributed by atoms with Gasteiger partial charge in [0.25, 0.3) is 0 Å². The highest BCUT2D eigenvalue weighted by molar-refractivity contribution is 5.92. The lowest BCUT2D eigenvalue weighted by Crippen LogP contribution is -2.13. The van der Waals surface area contributed by atoms with Crippen molar-refractivity contribution in [2.75, 3.05) is 11.9 Å². The van der Waals surface area contributed by atoms with Crippen molar-refractivity contribution in [3.63, 3.8) is 0 Å². The average molecular weight is 272 g/mol. The molecular weight excluding hydrogens is 252 g/mol. The smallest absolute Gasteiger partial charge is 0.228 e. The van der Waals surface area contributed by atoms with Crippen molar-refractivity contribution in [2.24, 2.45) is 0 Å². The molecule has 0 aliphatic carbocycles. The molecule has 1 heterocycles. The van der Waals surface area contributed by atoms with Crippen molar-refractivity contribution < 1.29 is 9.53 Å².